The molecule has 0 saturated heterocycles. The van der Waals surface area contributed by atoms with Crippen molar-refractivity contribution in [3.8, 4) is 11.8 Å². The van der Waals surface area contributed by atoms with Crippen molar-refractivity contribution in [1.29, 1.82) is 5.26 Å². The van der Waals surface area contributed by atoms with Crippen molar-refractivity contribution in [2.24, 2.45) is 35.5 Å². The van der Waals surface area contributed by atoms with E-state index in [0.717, 1.165) is 49.5 Å². The van der Waals surface area contributed by atoms with E-state index in [1.807, 2.05) is 0 Å². The molecular weight excluding hydrogens is 401 g/mol. The lowest BCUT2D eigenvalue weighted by Crippen LogP contribution is -2.40. The highest BCUT2D eigenvalue weighted by molar-refractivity contribution is 5.75. The van der Waals surface area contributed by atoms with Crippen LogP contribution < -0.4 is 4.74 Å². The molecular formula is C28H36FNO2. The van der Waals surface area contributed by atoms with Gasteiger partial charge in [0, 0.05) is 6.07 Å². The molecule has 4 atom stereocenters. The average molecular weight is 438 g/mol. The molecule has 0 aliphatic heterocycles. The van der Waals surface area contributed by atoms with Crippen LogP contribution in [0.1, 0.15) is 82.6 Å². The lowest BCUT2D eigenvalue weighted by atomic mass is 9.59. The molecule has 0 radical (unpaired) electrons. The normalized spacial score (nSPS) is 32.4. The monoisotopic (exact) mass is 437 g/mol. The number of benzene rings is 1. The molecule has 0 bridgehead atoms. The van der Waals surface area contributed by atoms with Gasteiger partial charge in [0.2, 0.25) is 0 Å². The van der Waals surface area contributed by atoms with Gasteiger partial charge in [-0.3, -0.25) is 4.79 Å². The predicted molar refractivity (Wildman–Crippen MR) is 123 cm³/mol. The van der Waals surface area contributed by atoms with Crippen LogP contribution in [0, 0.1) is 52.7 Å². The smallest absolute Gasteiger partial charge is 0.314 e. The van der Waals surface area contributed by atoms with Crippen LogP contribution in [0.25, 0.3) is 0 Å². The third kappa shape index (κ3) is 5.25. The molecule has 1 aromatic carbocycles. The van der Waals surface area contributed by atoms with Gasteiger partial charge in [-0.15, -0.1) is 6.58 Å². The van der Waals surface area contributed by atoms with Gasteiger partial charge in [0.25, 0.3) is 0 Å². The summed E-state index contributed by atoms with van der Waals surface area (Å²) < 4.78 is 19.5. The molecule has 3 nitrogen and oxygen atoms in total. The van der Waals surface area contributed by atoms with Crippen LogP contribution in [0.2, 0.25) is 0 Å². The Morgan fingerprint density at radius 2 is 1.88 bits per heavy atom. The molecule has 4 heteroatoms. The minimum atomic E-state index is -0.640. The van der Waals surface area contributed by atoms with E-state index in [4.69, 9.17) is 10.00 Å². The molecule has 3 fully saturated rings. The number of nitriles is 1. The van der Waals surface area contributed by atoms with Gasteiger partial charge in [-0.1, -0.05) is 31.8 Å². The van der Waals surface area contributed by atoms with Gasteiger partial charge >= 0.3 is 5.97 Å². The lowest BCUT2D eigenvalue weighted by molar-refractivity contribution is -0.144. The fourth-order valence-corrected chi connectivity index (χ4v) is 6.86. The van der Waals surface area contributed by atoms with E-state index in [1.165, 1.54) is 63.5 Å². The summed E-state index contributed by atoms with van der Waals surface area (Å²) in [6.07, 6.45) is 16.8. The number of halogens is 1. The van der Waals surface area contributed by atoms with Gasteiger partial charge in [-0.05, 0) is 93.1 Å². The zero-order valence-electron chi connectivity index (χ0n) is 19.1. The Morgan fingerprint density at radius 3 is 2.59 bits per heavy atom. The average Bonchev–Trinajstić information content (AvgIpc) is 2.82. The fourth-order valence-electron chi connectivity index (χ4n) is 6.86. The van der Waals surface area contributed by atoms with Crippen molar-refractivity contribution in [3.05, 3.63) is 42.2 Å². The first-order valence-electron chi connectivity index (χ1n) is 12.6. The highest BCUT2D eigenvalue weighted by Gasteiger charge is 2.43. The second-order valence-electron chi connectivity index (χ2n) is 10.4. The number of carbonyl (C=O) groups is 1. The quantitative estimate of drug-likeness (QED) is 0.268. The zero-order valence-corrected chi connectivity index (χ0v) is 19.1. The van der Waals surface area contributed by atoms with Crippen molar-refractivity contribution >= 4 is 5.97 Å². The topological polar surface area (TPSA) is 50.1 Å². The number of fused-ring (bicyclic) bond motifs is 1. The maximum absolute atomic E-state index is 13.9. The highest BCUT2D eigenvalue weighted by atomic mass is 19.1. The number of hydrogen-bond donors (Lipinski definition) is 0. The summed E-state index contributed by atoms with van der Waals surface area (Å²) in [7, 11) is 0. The molecule has 0 spiro atoms. The van der Waals surface area contributed by atoms with Crippen LogP contribution in [0.5, 0.6) is 5.75 Å². The van der Waals surface area contributed by atoms with E-state index < -0.39 is 5.82 Å². The summed E-state index contributed by atoms with van der Waals surface area (Å²) >= 11 is 0. The number of carbonyl (C=O) groups excluding carboxylic acids is 1. The molecule has 0 amide bonds. The van der Waals surface area contributed by atoms with Crippen LogP contribution >= 0.6 is 0 Å². The first-order chi connectivity index (χ1) is 15.6. The van der Waals surface area contributed by atoms with Crippen molar-refractivity contribution in [2.45, 2.75) is 77.0 Å². The Hall–Kier alpha value is -2.15. The second kappa shape index (κ2) is 10.6. The number of nitrogens with zero attached hydrogens (tertiary/aromatic N) is 1. The lowest BCUT2D eigenvalue weighted by Gasteiger charge is -2.46. The molecule has 32 heavy (non-hydrogen) atoms. The number of ether oxygens (including phenoxy) is 1. The standard InChI is InChI=1S/C28H36FNO2/c1-2-3-5-19-8-10-20(11-9-19)21-13-15-25-22(16-21)6-4-7-26(25)28(31)32-24-14-12-23(18-30)27(29)17-24/h2,12,14,17,19-22,25-26H,1,3-11,13,15-16H2. The first kappa shape index (κ1) is 23.0. The van der Waals surface area contributed by atoms with Gasteiger partial charge in [0.1, 0.15) is 17.6 Å². The summed E-state index contributed by atoms with van der Waals surface area (Å²) in [4.78, 5) is 13.0. The van der Waals surface area contributed by atoms with Crippen molar-refractivity contribution in [2.75, 3.05) is 0 Å². The van der Waals surface area contributed by atoms with E-state index in [1.54, 1.807) is 6.07 Å². The van der Waals surface area contributed by atoms with Crippen LogP contribution in [0.3, 0.4) is 0 Å². The maximum Gasteiger partial charge on any atom is 0.314 e. The number of esters is 1. The third-order valence-corrected chi connectivity index (χ3v) is 8.61. The van der Waals surface area contributed by atoms with Crippen molar-refractivity contribution < 1.29 is 13.9 Å². The summed E-state index contributed by atoms with van der Waals surface area (Å²) in [5, 5.41) is 8.89. The molecule has 4 unspecified atom stereocenters. The predicted octanol–water partition coefficient (Wildman–Crippen LogP) is 7.21. The first-order valence-corrected chi connectivity index (χ1v) is 12.6. The van der Waals surface area contributed by atoms with Gasteiger partial charge < -0.3 is 4.74 Å². The van der Waals surface area contributed by atoms with Crippen molar-refractivity contribution in [1.82, 2.24) is 0 Å². The maximum atomic E-state index is 13.9. The number of allylic oxidation sites excluding steroid dienone is 1. The largest absolute Gasteiger partial charge is 0.426 e. The minimum absolute atomic E-state index is 0.0319. The molecule has 4 rings (SSSR count). The second-order valence-corrected chi connectivity index (χ2v) is 10.4. The summed E-state index contributed by atoms with van der Waals surface area (Å²) in [5.41, 5.74) is -0.0319. The van der Waals surface area contributed by atoms with E-state index >= 15 is 0 Å². The van der Waals surface area contributed by atoms with Gasteiger partial charge in [0.05, 0.1) is 11.5 Å². The van der Waals surface area contributed by atoms with Crippen LogP contribution in [-0.4, -0.2) is 5.97 Å². The molecule has 3 aliphatic rings. The summed E-state index contributed by atoms with van der Waals surface area (Å²) in [6.45, 7) is 3.86. The number of rotatable bonds is 6. The summed E-state index contributed by atoms with van der Waals surface area (Å²) in [6, 6.07) is 5.84. The molecule has 0 aromatic heterocycles. The molecule has 1 aromatic rings. The molecule has 0 heterocycles. The zero-order chi connectivity index (χ0) is 22.5. The van der Waals surface area contributed by atoms with Gasteiger partial charge in [-0.25, -0.2) is 4.39 Å². The Morgan fingerprint density at radius 1 is 1.09 bits per heavy atom. The van der Waals surface area contributed by atoms with E-state index in [-0.39, 0.29) is 23.2 Å². The Labute approximate surface area is 192 Å². The van der Waals surface area contributed by atoms with E-state index in [9.17, 15) is 9.18 Å². The van der Waals surface area contributed by atoms with E-state index in [0.29, 0.717) is 11.8 Å². The van der Waals surface area contributed by atoms with E-state index in [2.05, 4.69) is 12.7 Å². The summed E-state index contributed by atoms with van der Waals surface area (Å²) in [5.74, 6) is 2.86. The van der Waals surface area contributed by atoms with Gasteiger partial charge in [-0.2, -0.15) is 5.26 Å². The fraction of sp³-hybridized carbons (Fsp3) is 0.643. The SMILES string of the molecule is C=CCCC1CCC(C2CCC3C(CCCC3C(=O)Oc3ccc(C#N)c(F)c3)C2)CC1. The van der Waals surface area contributed by atoms with Gasteiger partial charge in [0.15, 0.2) is 0 Å². The molecule has 3 aliphatic carbocycles. The molecule has 0 N–H and O–H groups in total. The molecule has 3 saturated carbocycles. The Balaban J connectivity index is 1.32. The molecule has 172 valence electrons. The number of hydrogen-bond acceptors (Lipinski definition) is 3. The van der Waals surface area contributed by atoms with Crippen LogP contribution in [0.15, 0.2) is 30.9 Å². The van der Waals surface area contributed by atoms with Crippen LogP contribution in [-0.2, 0) is 4.79 Å². The highest BCUT2D eigenvalue weighted by Crippen LogP contribution is 2.50. The van der Waals surface area contributed by atoms with Crippen molar-refractivity contribution in [3.63, 3.8) is 0 Å². The Bertz CT molecular complexity index is 851. The van der Waals surface area contributed by atoms with Crippen LogP contribution in [0.4, 0.5) is 4.39 Å². The minimum Gasteiger partial charge on any atom is -0.426 e. The Kier molecular flexibility index (Phi) is 7.66. The third-order valence-electron chi connectivity index (χ3n) is 8.61.